The molecule has 0 aliphatic rings. The second-order valence-electron chi connectivity index (χ2n) is 5.21. The monoisotopic (exact) mass is 343 g/mol. The van der Waals surface area contributed by atoms with Crippen LogP contribution < -0.4 is 15.4 Å². The van der Waals surface area contributed by atoms with Gasteiger partial charge in [-0.25, -0.2) is 0 Å². The van der Waals surface area contributed by atoms with Crippen LogP contribution in [0.15, 0.2) is 42.7 Å². The van der Waals surface area contributed by atoms with E-state index in [1.165, 1.54) is 18.5 Å². The standard InChI is InChI=1S/C18H21N3O4/c1-24-8-7-20-17(22)14-9-15(11-19-10-14)18(23)21-12-13-5-3-4-6-16(13)25-2/h3-6,9-11H,7-8,12H2,1-2H3,(H,20,22)(H,21,23). The summed E-state index contributed by atoms with van der Waals surface area (Å²) < 4.78 is 10.1. The van der Waals surface area contributed by atoms with Gasteiger partial charge in [0.1, 0.15) is 5.75 Å². The first-order valence-corrected chi connectivity index (χ1v) is 7.78. The average molecular weight is 343 g/mol. The minimum Gasteiger partial charge on any atom is -0.496 e. The van der Waals surface area contributed by atoms with Gasteiger partial charge in [-0.05, 0) is 12.1 Å². The predicted octanol–water partition coefficient (Wildman–Crippen LogP) is 1.40. The summed E-state index contributed by atoms with van der Waals surface area (Å²) in [6.45, 7) is 1.12. The summed E-state index contributed by atoms with van der Waals surface area (Å²) in [6.07, 6.45) is 2.84. The van der Waals surface area contributed by atoms with Gasteiger partial charge >= 0.3 is 0 Å². The molecular weight excluding hydrogens is 322 g/mol. The van der Waals surface area contributed by atoms with Crippen molar-refractivity contribution in [1.29, 1.82) is 0 Å². The van der Waals surface area contributed by atoms with Gasteiger partial charge in [-0.2, -0.15) is 0 Å². The molecule has 7 nitrogen and oxygen atoms in total. The Morgan fingerprint density at radius 1 is 1.04 bits per heavy atom. The lowest BCUT2D eigenvalue weighted by atomic mass is 10.1. The minimum atomic E-state index is -0.315. The maximum absolute atomic E-state index is 12.3. The van der Waals surface area contributed by atoms with Crippen LogP contribution in [0.4, 0.5) is 0 Å². The minimum absolute atomic E-state index is 0.302. The van der Waals surface area contributed by atoms with E-state index in [2.05, 4.69) is 15.6 Å². The third-order valence-corrected chi connectivity index (χ3v) is 3.49. The number of aromatic nitrogens is 1. The van der Waals surface area contributed by atoms with Crippen LogP contribution in [0, 0.1) is 0 Å². The molecular formula is C18H21N3O4. The molecule has 2 rings (SSSR count). The second kappa shape index (κ2) is 9.39. The maximum atomic E-state index is 12.3. The summed E-state index contributed by atoms with van der Waals surface area (Å²) in [4.78, 5) is 28.3. The molecule has 0 atom stereocenters. The molecule has 0 radical (unpaired) electrons. The van der Waals surface area contributed by atoms with E-state index < -0.39 is 0 Å². The number of hydrogen-bond acceptors (Lipinski definition) is 5. The second-order valence-corrected chi connectivity index (χ2v) is 5.21. The van der Waals surface area contributed by atoms with E-state index in [4.69, 9.17) is 9.47 Å². The molecule has 0 spiro atoms. The molecule has 7 heteroatoms. The highest BCUT2D eigenvalue weighted by molar-refractivity contribution is 5.99. The van der Waals surface area contributed by atoms with Gasteiger partial charge < -0.3 is 20.1 Å². The fourth-order valence-corrected chi connectivity index (χ4v) is 2.18. The number of benzene rings is 1. The van der Waals surface area contributed by atoms with E-state index in [-0.39, 0.29) is 11.8 Å². The van der Waals surface area contributed by atoms with Crippen LogP contribution in [0.1, 0.15) is 26.3 Å². The number of rotatable bonds is 8. The van der Waals surface area contributed by atoms with Crippen molar-refractivity contribution in [3.63, 3.8) is 0 Å². The highest BCUT2D eigenvalue weighted by atomic mass is 16.5. The van der Waals surface area contributed by atoms with Crippen LogP contribution in [0.5, 0.6) is 5.75 Å². The zero-order valence-corrected chi connectivity index (χ0v) is 14.2. The number of carbonyl (C=O) groups is 2. The summed E-state index contributed by atoms with van der Waals surface area (Å²) in [5.74, 6) is 0.0843. The molecule has 0 saturated heterocycles. The third-order valence-electron chi connectivity index (χ3n) is 3.49. The predicted molar refractivity (Wildman–Crippen MR) is 92.6 cm³/mol. The third kappa shape index (κ3) is 5.29. The van der Waals surface area contributed by atoms with Crippen LogP contribution in [0.2, 0.25) is 0 Å². The Morgan fingerprint density at radius 3 is 2.40 bits per heavy atom. The van der Waals surface area contributed by atoms with E-state index in [0.717, 1.165) is 5.56 Å². The molecule has 1 aromatic carbocycles. The van der Waals surface area contributed by atoms with Gasteiger partial charge in [0.25, 0.3) is 11.8 Å². The molecule has 132 valence electrons. The highest BCUT2D eigenvalue weighted by Crippen LogP contribution is 2.16. The lowest BCUT2D eigenvalue weighted by Crippen LogP contribution is -2.28. The Hall–Kier alpha value is -2.93. The van der Waals surface area contributed by atoms with Crippen LogP contribution in [0.3, 0.4) is 0 Å². The number of methoxy groups -OCH3 is 2. The van der Waals surface area contributed by atoms with Crippen LogP contribution >= 0.6 is 0 Å². The topological polar surface area (TPSA) is 89.5 Å². The maximum Gasteiger partial charge on any atom is 0.253 e. The van der Waals surface area contributed by atoms with Crippen molar-refractivity contribution in [1.82, 2.24) is 15.6 Å². The van der Waals surface area contributed by atoms with Gasteiger partial charge in [-0.1, -0.05) is 18.2 Å². The molecule has 0 unspecified atom stereocenters. The molecule has 1 heterocycles. The summed E-state index contributed by atoms with van der Waals surface area (Å²) in [6, 6.07) is 8.94. The van der Waals surface area contributed by atoms with Gasteiger partial charge in [0.05, 0.1) is 24.8 Å². The van der Waals surface area contributed by atoms with E-state index in [9.17, 15) is 9.59 Å². The molecule has 0 bridgehead atoms. The first kappa shape index (κ1) is 18.4. The molecule has 2 amide bonds. The fraction of sp³-hybridized carbons (Fsp3) is 0.278. The largest absolute Gasteiger partial charge is 0.496 e. The molecule has 2 N–H and O–H groups in total. The Bertz CT molecular complexity index is 734. The smallest absolute Gasteiger partial charge is 0.253 e. The van der Waals surface area contributed by atoms with Crippen molar-refractivity contribution in [2.75, 3.05) is 27.4 Å². The zero-order valence-electron chi connectivity index (χ0n) is 14.2. The lowest BCUT2D eigenvalue weighted by molar-refractivity contribution is 0.0936. The van der Waals surface area contributed by atoms with Crippen molar-refractivity contribution in [2.24, 2.45) is 0 Å². The molecule has 0 saturated carbocycles. The average Bonchev–Trinajstić information content (AvgIpc) is 2.66. The van der Waals surface area contributed by atoms with Crippen LogP contribution in [-0.2, 0) is 11.3 Å². The van der Waals surface area contributed by atoms with Crippen LogP contribution in [0.25, 0.3) is 0 Å². The van der Waals surface area contributed by atoms with Gasteiger partial charge in [-0.3, -0.25) is 14.6 Å². The Labute approximate surface area is 146 Å². The number of carbonyl (C=O) groups excluding carboxylic acids is 2. The quantitative estimate of drug-likeness (QED) is 0.707. The van der Waals surface area contributed by atoms with Crippen molar-refractivity contribution in [3.8, 4) is 5.75 Å². The lowest BCUT2D eigenvalue weighted by Gasteiger charge is -2.10. The van der Waals surface area contributed by atoms with E-state index in [0.29, 0.717) is 36.6 Å². The molecule has 2 aromatic rings. The van der Waals surface area contributed by atoms with E-state index in [1.54, 1.807) is 14.2 Å². The highest BCUT2D eigenvalue weighted by Gasteiger charge is 2.12. The Balaban J connectivity index is 2.00. The Morgan fingerprint density at radius 2 is 1.72 bits per heavy atom. The number of amides is 2. The first-order valence-electron chi connectivity index (χ1n) is 7.78. The first-order chi connectivity index (χ1) is 12.2. The number of nitrogens with one attached hydrogen (secondary N) is 2. The molecule has 25 heavy (non-hydrogen) atoms. The van der Waals surface area contributed by atoms with Gasteiger partial charge in [0.15, 0.2) is 0 Å². The summed E-state index contributed by atoms with van der Waals surface area (Å²) >= 11 is 0. The molecule has 0 fully saturated rings. The summed E-state index contributed by atoms with van der Waals surface area (Å²) in [5.41, 5.74) is 1.50. The van der Waals surface area contributed by atoms with Crippen LogP contribution in [-0.4, -0.2) is 44.2 Å². The summed E-state index contributed by atoms with van der Waals surface area (Å²) in [5, 5.41) is 5.48. The van der Waals surface area contributed by atoms with Crippen molar-refractivity contribution in [3.05, 3.63) is 59.4 Å². The molecule has 0 aliphatic carbocycles. The normalized spacial score (nSPS) is 10.2. The van der Waals surface area contributed by atoms with E-state index >= 15 is 0 Å². The molecule has 1 aromatic heterocycles. The van der Waals surface area contributed by atoms with Crippen molar-refractivity contribution >= 4 is 11.8 Å². The van der Waals surface area contributed by atoms with E-state index in [1.807, 2.05) is 24.3 Å². The number of pyridine rings is 1. The number of nitrogens with zero attached hydrogens (tertiary/aromatic N) is 1. The van der Waals surface area contributed by atoms with Crippen molar-refractivity contribution < 1.29 is 19.1 Å². The van der Waals surface area contributed by atoms with Gasteiger partial charge in [0, 0.05) is 38.2 Å². The number of ether oxygens (including phenoxy) is 2. The number of hydrogen-bond donors (Lipinski definition) is 2. The fourth-order valence-electron chi connectivity index (χ4n) is 2.18. The summed E-state index contributed by atoms with van der Waals surface area (Å²) in [7, 11) is 3.14. The van der Waals surface area contributed by atoms with Gasteiger partial charge in [0.2, 0.25) is 0 Å². The van der Waals surface area contributed by atoms with Crippen molar-refractivity contribution in [2.45, 2.75) is 6.54 Å². The number of para-hydroxylation sites is 1. The van der Waals surface area contributed by atoms with Gasteiger partial charge in [-0.15, -0.1) is 0 Å². The zero-order chi connectivity index (χ0) is 18.1. The SMILES string of the molecule is COCCNC(=O)c1cncc(C(=O)NCc2ccccc2OC)c1. The molecule has 0 aliphatic heterocycles. The Kier molecular flexibility index (Phi) is 6.91.